The van der Waals surface area contributed by atoms with Crippen LogP contribution in [-0.2, 0) is 16.0 Å². The molecule has 4 nitrogen and oxygen atoms in total. The van der Waals surface area contributed by atoms with Crippen LogP contribution < -0.4 is 4.74 Å². The molecule has 5 heteroatoms. The quantitative estimate of drug-likeness (QED) is 0.829. The van der Waals surface area contributed by atoms with Gasteiger partial charge in [0.15, 0.2) is 11.4 Å². The van der Waals surface area contributed by atoms with E-state index in [4.69, 9.17) is 21.1 Å². The van der Waals surface area contributed by atoms with Gasteiger partial charge >= 0.3 is 5.97 Å². The molecule has 3 rings (SSSR count). The van der Waals surface area contributed by atoms with Crippen LogP contribution in [0.2, 0.25) is 5.02 Å². The number of hydrogen-bond acceptors (Lipinski definition) is 4. The number of carbonyl (C=O) groups excluding carboxylic acids is 1. The largest absolute Gasteiger partial charge is 0.507 e. The fourth-order valence-electron chi connectivity index (χ4n) is 3.64. The first-order chi connectivity index (χ1) is 11.0. The number of aliphatic hydroxyl groups excluding tert-OH is 1. The van der Waals surface area contributed by atoms with Gasteiger partial charge in [-0.1, -0.05) is 24.9 Å². The van der Waals surface area contributed by atoms with Crippen molar-refractivity contribution in [3.63, 3.8) is 0 Å². The zero-order valence-corrected chi connectivity index (χ0v) is 14.2. The van der Waals surface area contributed by atoms with Gasteiger partial charge in [-0.3, -0.25) is 0 Å². The number of aliphatic hydroxyl groups is 1. The minimum absolute atomic E-state index is 0.0533. The van der Waals surface area contributed by atoms with Crippen LogP contribution in [-0.4, -0.2) is 23.8 Å². The van der Waals surface area contributed by atoms with Crippen molar-refractivity contribution in [2.75, 3.05) is 7.11 Å². The Hall–Kier alpha value is -1.68. The number of ether oxygens (including phenoxy) is 2. The summed E-state index contributed by atoms with van der Waals surface area (Å²) in [7, 11) is 1.53. The van der Waals surface area contributed by atoms with Gasteiger partial charge in [-0.15, -0.1) is 0 Å². The predicted molar refractivity (Wildman–Crippen MR) is 88.8 cm³/mol. The number of halogens is 1. The molecule has 1 aliphatic heterocycles. The molecule has 1 aromatic carbocycles. The van der Waals surface area contributed by atoms with Crippen molar-refractivity contribution in [3.8, 4) is 5.75 Å². The molecule has 1 aromatic rings. The molecule has 1 heterocycles. The molecule has 124 valence electrons. The second kappa shape index (κ2) is 6.08. The van der Waals surface area contributed by atoms with Gasteiger partial charge in [0.25, 0.3) is 0 Å². The third kappa shape index (κ3) is 2.59. The molecular formula is C18H21ClO4. The van der Waals surface area contributed by atoms with E-state index in [1.807, 2.05) is 6.92 Å². The highest BCUT2D eigenvalue weighted by molar-refractivity contribution is 6.31. The minimum atomic E-state index is -0.847. The zero-order valence-electron chi connectivity index (χ0n) is 13.4. The van der Waals surface area contributed by atoms with Crippen LogP contribution in [0.4, 0.5) is 0 Å². The smallest absolute Gasteiger partial charge is 0.343 e. The van der Waals surface area contributed by atoms with Crippen LogP contribution in [0.15, 0.2) is 17.9 Å². The summed E-state index contributed by atoms with van der Waals surface area (Å²) in [5.74, 6) is 0.0676. The highest BCUT2D eigenvalue weighted by atomic mass is 35.5. The van der Waals surface area contributed by atoms with E-state index in [2.05, 4.69) is 0 Å². The van der Waals surface area contributed by atoms with Gasteiger partial charge in [0.2, 0.25) is 0 Å². The van der Waals surface area contributed by atoms with Crippen LogP contribution in [0.3, 0.4) is 0 Å². The van der Waals surface area contributed by atoms with Crippen molar-refractivity contribution >= 4 is 23.1 Å². The Morgan fingerprint density at radius 2 is 2.00 bits per heavy atom. The first-order valence-corrected chi connectivity index (χ1v) is 8.44. The third-order valence-corrected chi connectivity index (χ3v) is 5.04. The number of aryl methyl sites for hydroxylation is 1. The van der Waals surface area contributed by atoms with E-state index in [-0.39, 0.29) is 11.3 Å². The molecule has 0 aromatic heterocycles. The van der Waals surface area contributed by atoms with E-state index in [0.717, 1.165) is 24.8 Å². The Labute approximate surface area is 141 Å². The molecule has 1 N–H and O–H groups in total. The van der Waals surface area contributed by atoms with E-state index >= 15 is 0 Å². The van der Waals surface area contributed by atoms with Gasteiger partial charge in [0.1, 0.15) is 11.3 Å². The summed E-state index contributed by atoms with van der Waals surface area (Å²) in [6.07, 6.45) is 5.01. The Balaban J connectivity index is 2.19. The van der Waals surface area contributed by atoms with E-state index in [0.29, 0.717) is 35.6 Å². The Morgan fingerprint density at radius 1 is 1.30 bits per heavy atom. The Kier molecular flexibility index (Phi) is 4.28. The lowest BCUT2D eigenvalue weighted by atomic mass is 9.82. The van der Waals surface area contributed by atoms with E-state index < -0.39 is 11.6 Å². The van der Waals surface area contributed by atoms with Crippen LogP contribution in [0.5, 0.6) is 5.75 Å². The molecular weight excluding hydrogens is 316 g/mol. The summed E-state index contributed by atoms with van der Waals surface area (Å²) in [5.41, 5.74) is 0.850. The monoisotopic (exact) mass is 336 g/mol. The number of esters is 1. The maximum absolute atomic E-state index is 12.6. The molecule has 0 saturated heterocycles. The van der Waals surface area contributed by atoms with Crippen molar-refractivity contribution in [1.82, 2.24) is 0 Å². The minimum Gasteiger partial charge on any atom is -0.507 e. The molecule has 0 radical (unpaired) electrons. The van der Waals surface area contributed by atoms with Crippen molar-refractivity contribution in [2.24, 2.45) is 0 Å². The number of benzene rings is 1. The summed E-state index contributed by atoms with van der Waals surface area (Å²) >= 11 is 6.13. The second-order valence-electron chi connectivity index (χ2n) is 6.16. The zero-order chi connectivity index (χ0) is 16.6. The summed E-state index contributed by atoms with van der Waals surface area (Å²) < 4.78 is 11.1. The van der Waals surface area contributed by atoms with Crippen molar-refractivity contribution in [1.29, 1.82) is 0 Å². The van der Waals surface area contributed by atoms with Gasteiger partial charge in [0.05, 0.1) is 7.11 Å². The average molecular weight is 337 g/mol. The lowest BCUT2D eigenvalue weighted by Crippen LogP contribution is -2.34. The number of rotatable bonds is 3. The molecule has 23 heavy (non-hydrogen) atoms. The molecule has 1 fully saturated rings. The maximum Gasteiger partial charge on any atom is 0.343 e. The van der Waals surface area contributed by atoms with Crippen molar-refractivity contribution < 1.29 is 19.4 Å². The van der Waals surface area contributed by atoms with Crippen molar-refractivity contribution in [2.45, 2.75) is 51.0 Å². The fraction of sp³-hybridized carbons (Fsp3) is 0.500. The molecule has 1 saturated carbocycles. The van der Waals surface area contributed by atoms with E-state index in [1.165, 1.54) is 7.11 Å². The molecule has 0 amide bonds. The maximum atomic E-state index is 12.6. The number of hydrogen-bond donors (Lipinski definition) is 1. The first-order valence-electron chi connectivity index (χ1n) is 8.06. The number of carbonyl (C=O) groups is 1. The normalized spacial score (nSPS) is 20.0. The van der Waals surface area contributed by atoms with Gasteiger partial charge in [0, 0.05) is 10.6 Å². The third-order valence-electron chi connectivity index (χ3n) is 4.82. The van der Waals surface area contributed by atoms with Crippen LogP contribution in [0, 0.1) is 0 Å². The van der Waals surface area contributed by atoms with E-state index in [1.54, 1.807) is 12.1 Å². The molecule has 0 atom stereocenters. The lowest BCUT2D eigenvalue weighted by Gasteiger charge is -2.31. The topological polar surface area (TPSA) is 55.8 Å². The predicted octanol–water partition coefficient (Wildman–Crippen LogP) is 4.44. The highest BCUT2D eigenvalue weighted by Gasteiger charge is 2.49. The summed E-state index contributed by atoms with van der Waals surface area (Å²) in [4.78, 5) is 12.6. The van der Waals surface area contributed by atoms with Gasteiger partial charge < -0.3 is 14.6 Å². The summed E-state index contributed by atoms with van der Waals surface area (Å²) in [5, 5.41) is 11.4. The average Bonchev–Trinajstić information content (AvgIpc) is 2.78. The van der Waals surface area contributed by atoms with Crippen LogP contribution in [0.1, 0.15) is 50.2 Å². The van der Waals surface area contributed by atoms with E-state index in [9.17, 15) is 9.90 Å². The summed E-state index contributed by atoms with van der Waals surface area (Å²) in [6, 6.07) is 3.47. The van der Waals surface area contributed by atoms with Crippen molar-refractivity contribution in [3.05, 3.63) is 34.0 Å². The molecule has 2 aliphatic rings. The SMILES string of the molecule is CCc1cc(Cl)cc(OC)c1C1=C(O)C2(CCCCC2)OC1=O. The van der Waals surface area contributed by atoms with Crippen LogP contribution >= 0.6 is 11.6 Å². The molecule has 1 spiro atoms. The second-order valence-corrected chi connectivity index (χ2v) is 6.60. The summed E-state index contributed by atoms with van der Waals surface area (Å²) in [6.45, 7) is 1.98. The fourth-order valence-corrected chi connectivity index (χ4v) is 3.87. The lowest BCUT2D eigenvalue weighted by molar-refractivity contribution is -0.149. The van der Waals surface area contributed by atoms with Gasteiger partial charge in [-0.25, -0.2) is 4.79 Å². The van der Waals surface area contributed by atoms with Crippen LogP contribution in [0.25, 0.3) is 5.57 Å². The van der Waals surface area contributed by atoms with Gasteiger partial charge in [-0.05, 0) is 49.8 Å². The molecule has 1 aliphatic carbocycles. The first kappa shape index (κ1) is 16.2. The highest BCUT2D eigenvalue weighted by Crippen LogP contribution is 2.47. The molecule has 0 bridgehead atoms. The number of methoxy groups -OCH3 is 1. The van der Waals surface area contributed by atoms with Gasteiger partial charge in [-0.2, -0.15) is 0 Å². The Bertz CT molecular complexity index is 647. The Morgan fingerprint density at radius 3 is 2.61 bits per heavy atom. The standard InChI is InChI=1S/C18H21ClO4/c1-3-11-9-12(19)10-13(22-2)14(11)15-16(20)18(23-17(15)21)7-5-4-6-8-18/h9-10,20H,3-8H2,1-2H3. The molecule has 0 unspecified atom stereocenters.